The van der Waals surface area contributed by atoms with Crippen molar-refractivity contribution in [1.82, 2.24) is 25.3 Å². The largest absolute Gasteiger partial charge is 0.481 e. The lowest BCUT2D eigenvalue weighted by atomic mass is 10.0. The van der Waals surface area contributed by atoms with Crippen LogP contribution >= 0.6 is 0 Å². The molecule has 0 rings (SSSR count). The molecule has 0 saturated carbocycles. The highest BCUT2D eigenvalue weighted by molar-refractivity contribution is 5.78. The molecule has 10 heteroatoms. The molecule has 1 unspecified atom stereocenters. The molecular weight excluding hydrogens is 630 g/mol. The third kappa shape index (κ3) is 34.7. The molecule has 0 fully saturated rings. The topological polar surface area (TPSA) is 125 Å². The maximum Gasteiger partial charge on any atom is 0.304 e. The van der Waals surface area contributed by atoms with Crippen molar-refractivity contribution in [3.63, 3.8) is 0 Å². The van der Waals surface area contributed by atoms with Gasteiger partial charge in [-0.05, 0) is 26.9 Å². The molecule has 0 saturated heterocycles. The average molecular weight is 712 g/mol. The Hall–Kier alpha value is -1.75. The number of carboxylic acid groups (broad SMARTS) is 1. The maximum atomic E-state index is 12.8. The van der Waals surface area contributed by atoms with E-state index in [1.807, 2.05) is 23.9 Å². The van der Waals surface area contributed by atoms with Crippen molar-refractivity contribution in [2.24, 2.45) is 0 Å². The van der Waals surface area contributed by atoms with E-state index in [4.69, 9.17) is 5.11 Å². The summed E-state index contributed by atoms with van der Waals surface area (Å²) < 4.78 is 0. The second-order valence-electron chi connectivity index (χ2n) is 14.7. The van der Waals surface area contributed by atoms with Gasteiger partial charge in [0.05, 0.1) is 19.1 Å². The van der Waals surface area contributed by atoms with Crippen molar-refractivity contribution in [3.8, 4) is 0 Å². The van der Waals surface area contributed by atoms with E-state index in [1.54, 1.807) is 0 Å². The number of carbonyl (C=O) groups is 3. The minimum atomic E-state index is -0.797. The molecule has 0 aromatic rings. The number of nitrogens with one attached hydrogen (secondary N) is 2. The van der Waals surface area contributed by atoms with E-state index in [2.05, 4.69) is 29.4 Å². The summed E-state index contributed by atoms with van der Waals surface area (Å²) in [6.07, 6.45) is 26.0. The smallest absolute Gasteiger partial charge is 0.304 e. The van der Waals surface area contributed by atoms with Crippen molar-refractivity contribution in [2.45, 2.75) is 168 Å². The summed E-state index contributed by atoms with van der Waals surface area (Å²) in [6, 6.07) is 0. The van der Waals surface area contributed by atoms with Crippen LogP contribution in [0.15, 0.2) is 0 Å². The van der Waals surface area contributed by atoms with E-state index in [0.29, 0.717) is 45.7 Å². The second-order valence-corrected chi connectivity index (χ2v) is 14.7. The number of aliphatic hydroxyl groups excluding tert-OH is 1. The van der Waals surface area contributed by atoms with Gasteiger partial charge in [-0.1, -0.05) is 136 Å². The zero-order valence-electron chi connectivity index (χ0n) is 33.2. The molecule has 2 amide bonds. The molecule has 0 aliphatic rings. The van der Waals surface area contributed by atoms with Gasteiger partial charge < -0.3 is 30.6 Å². The van der Waals surface area contributed by atoms with Crippen LogP contribution in [0.2, 0.25) is 0 Å². The highest BCUT2D eigenvalue weighted by Gasteiger charge is 2.16. The quantitative estimate of drug-likeness (QED) is 0.0514. The molecule has 0 radical (unpaired) electrons. The number of carboxylic acids is 1. The molecule has 50 heavy (non-hydrogen) atoms. The van der Waals surface area contributed by atoms with Gasteiger partial charge in [0.15, 0.2) is 0 Å². The fourth-order valence-corrected chi connectivity index (χ4v) is 6.18. The number of aliphatic carboxylic acids is 1. The summed E-state index contributed by atoms with van der Waals surface area (Å²) in [5, 5.41) is 25.8. The van der Waals surface area contributed by atoms with Crippen LogP contribution in [0, 0.1) is 0 Å². The third-order valence-corrected chi connectivity index (χ3v) is 9.62. The number of aliphatic hydroxyl groups is 1. The molecule has 0 aliphatic carbocycles. The molecule has 10 nitrogen and oxygen atoms in total. The molecule has 0 aliphatic heterocycles. The highest BCUT2D eigenvalue weighted by atomic mass is 16.4. The molecule has 0 aromatic heterocycles. The predicted molar refractivity (Wildman–Crippen MR) is 209 cm³/mol. The monoisotopic (exact) mass is 712 g/mol. The number of unbranched alkanes of at least 4 members (excludes halogenated alkanes) is 18. The first-order valence-corrected chi connectivity index (χ1v) is 20.7. The van der Waals surface area contributed by atoms with Gasteiger partial charge in [0.25, 0.3) is 0 Å². The molecule has 0 spiro atoms. The lowest BCUT2D eigenvalue weighted by Crippen LogP contribution is -2.44. The van der Waals surface area contributed by atoms with E-state index in [-0.39, 0.29) is 24.8 Å². The van der Waals surface area contributed by atoms with E-state index in [9.17, 15) is 19.5 Å². The van der Waals surface area contributed by atoms with Gasteiger partial charge in [-0.3, -0.25) is 19.3 Å². The maximum absolute atomic E-state index is 12.8. The Balaban J connectivity index is 4.49. The van der Waals surface area contributed by atoms with Crippen molar-refractivity contribution in [2.75, 3.05) is 73.0 Å². The van der Waals surface area contributed by atoms with Gasteiger partial charge in [0.1, 0.15) is 0 Å². The third-order valence-electron chi connectivity index (χ3n) is 9.62. The standard InChI is InChI=1S/C40H81N5O5/c1-5-7-9-11-13-15-17-19-21-23-25-37(46)35-45(36-39(48)41-28-24-22-20-18-16-14-12-10-8-6-2)32-29-42-38(47)26-30-43(3)33-34-44(4)31-27-40(49)50/h37,46H,5-36H2,1-4H3,(H,41,48)(H,42,47)(H,49,50). The van der Waals surface area contributed by atoms with Gasteiger partial charge in [-0.25, -0.2) is 0 Å². The molecule has 0 aromatic carbocycles. The molecule has 0 bridgehead atoms. The van der Waals surface area contributed by atoms with Gasteiger partial charge in [0.2, 0.25) is 11.8 Å². The van der Waals surface area contributed by atoms with Crippen molar-refractivity contribution >= 4 is 17.8 Å². The summed E-state index contributed by atoms with van der Waals surface area (Å²) in [4.78, 5) is 42.2. The van der Waals surface area contributed by atoms with Crippen LogP contribution in [-0.2, 0) is 14.4 Å². The number of rotatable bonds is 38. The Morgan fingerprint density at radius 1 is 0.540 bits per heavy atom. The number of nitrogens with zero attached hydrogens (tertiary/aromatic N) is 3. The predicted octanol–water partition coefficient (Wildman–Crippen LogP) is 6.84. The van der Waals surface area contributed by atoms with Crippen molar-refractivity contribution < 1.29 is 24.6 Å². The molecule has 4 N–H and O–H groups in total. The van der Waals surface area contributed by atoms with Crippen LogP contribution in [0.4, 0.5) is 0 Å². The Morgan fingerprint density at radius 3 is 1.48 bits per heavy atom. The zero-order valence-corrected chi connectivity index (χ0v) is 33.2. The number of hydrogen-bond donors (Lipinski definition) is 4. The van der Waals surface area contributed by atoms with E-state index in [0.717, 1.165) is 45.2 Å². The molecule has 0 heterocycles. The number of likely N-dealkylation sites (N-methyl/N-ethyl adjacent to an activating group) is 2. The van der Waals surface area contributed by atoms with Crippen molar-refractivity contribution in [1.29, 1.82) is 0 Å². The van der Waals surface area contributed by atoms with Crippen molar-refractivity contribution in [3.05, 3.63) is 0 Å². The number of hydrogen-bond acceptors (Lipinski definition) is 7. The summed E-state index contributed by atoms with van der Waals surface area (Å²) in [7, 11) is 3.87. The van der Waals surface area contributed by atoms with Crippen LogP contribution in [-0.4, -0.2) is 122 Å². The van der Waals surface area contributed by atoms with Crippen LogP contribution in [0.5, 0.6) is 0 Å². The van der Waals surface area contributed by atoms with Crippen LogP contribution < -0.4 is 10.6 Å². The molecule has 296 valence electrons. The fourth-order valence-electron chi connectivity index (χ4n) is 6.18. The van der Waals surface area contributed by atoms with Gasteiger partial charge in [-0.15, -0.1) is 0 Å². The van der Waals surface area contributed by atoms with E-state index < -0.39 is 12.1 Å². The summed E-state index contributed by atoms with van der Waals surface area (Å²) >= 11 is 0. The summed E-state index contributed by atoms with van der Waals surface area (Å²) in [6.45, 7) is 9.38. The number of carbonyl (C=O) groups excluding carboxylic acids is 2. The van der Waals surface area contributed by atoms with Crippen LogP contribution in [0.25, 0.3) is 0 Å². The second kappa shape index (κ2) is 35.6. The first-order chi connectivity index (χ1) is 24.2. The first-order valence-electron chi connectivity index (χ1n) is 20.7. The normalized spacial score (nSPS) is 12.2. The summed E-state index contributed by atoms with van der Waals surface area (Å²) in [5.74, 6) is -0.852. The number of amides is 2. The Bertz CT molecular complexity index is 802. The Labute approximate surface area is 307 Å². The molecular formula is C40H81N5O5. The Morgan fingerprint density at radius 2 is 0.980 bits per heavy atom. The lowest BCUT2D eigenvalue weighted by molar-refractivity contribution is -0.137. The van der Waals surface area contributed by atoms with Gasteiger partial charge in [0, 0.05) is 58.8 Å². The minimum Gasteiger partial charge on any atom is -0.481 e. The zero-order chi connectivity index (χ0) is 37.1. The van der Waals surface area contributed by atoms with Crippen LogP contribution in [0.3, 0.4) is 0 Å². The Kier molecular flexibility index (Phi) is 34.4. The highest BCUT2D eigenvalue weighted by Crippen LogP contribution is 2.13. The fraction of sp³-hybridized carbons (Fsp3) is 0.925. The van der Waals surface area contributed by atoms with Gasteiger partial charge in [-0.2, -0.15) is 0 Å². The lowest BCUT2D eigenvalue weighted by Gasteiger charge is -2.25. The van der Waals surface area contributed by atoms with E-state index in [1.165, 1.54) is 103 Å². The first kappa shape index (κ1) is 48.2. The SMILES string of the molecule is CCCCCCCCCCCCNC(=O)CN(CCNC(=O)CCN(C)CCN(C)CCC(=O)O)CC(O)CCCCCCCCCCCC. The van der Waals surface area contributed by atoms with E-state index >= 15 is 0 Å². The summed E-state index contributed by atoms with van der Waals surface area (Å²) in [5.41, 5.74) is 0. The minimum absolute atomic E-state index is 0.0201. The molecule has 1 atom stereocenters. The van der Waals surface area contributed by atoms with Gasteiger partial charge >= 0.3 is 5.97 Å². The average Bonchev–Trinajstić information content (AvgIpc) is 3.08. The van der Waals surface area contributed by atoms with Crippen LogP contribution in [0.1, 0.15) is 162 Å².